The van der Waals surface area contributed by atoms with E-state index in [0.29, 0.717) is 4.55 Å². The predicted molar refractivity (Wildman–Crippen MR) is 43.5 cm³/mol. The number of likely N-dealkylation sites (N-methyl/N-ethyl adjacent to an activating group) is 1. The SMILES string of the molecule is COCC(=O)N(C)CI. The fourth-order valence-corrected chi connectivity index (χ4v) is 0.681. The average molecular weight is 243 g/mol. The maximum Gasteiger partial charge on any atom is 0.248 e. The minimum atomic E-state index is 0.0203. The van der Waals surface area contributed by atoms with Crippen LogP contribution in [0, 0.1) is 0 Å². The number of carbonyl (C=O) groups excluding carboxylic acids is 1. The van der Waals surface area contributed by atoms with Crippen LogP contribution in [0.2, 0.25) is 0 Å². The van der Waals surface area contributed by atoms with Gasteiger partial charge in [-0.05, 0) is 0 Å². The van der Waals surface area contributed by atoms with E-state index in [4.69, 9.17) is 0 Å². The smallest absolute Gasteiger partial charge is 0.248 e. The van der Waals surface area contributed by atoms with Gasteiger partial charge in [0.25, 0.3) is 0 Å². The highest BCUT2D eigenvalue weighted by atomic mass is 127. The molecule has 0 rings (SSSR count). The Morgan fingerprint density at radius 1 is 1.78 bits per heavy atom. The van der Waals surface area contributed by atoms with Gasteiger partial charge in [0.15, 0.2) is 0 Å². The van der Waals surface area contributed by atoms with E-state index in [1.165, 1.54) is 7.11 Å². The van der Waals surface area contributed by atoms with Gasteiger partial charge in [-0.2, -0.15) is 0 Å². The van der Waals surface area contributed by atoms with Crippen LogP contribution >= 0.6 is 22.6 Å². The lowest BCUT2D eigenvalue weighted by molar-refractivity contribution is -0.132. The molecule has 0 radical (unpaired) electrons. The second-order valence-corrected chi connectivity index (χ2v) is 2.33. The third-order valence-corrected chi connectivity index (χ3v) is 1.90. The minimum Gasteiger partial charge on any atom is -0.375 e. The van der Waals surface area contributed by atoms with Crippen molar-refractivity contribution in [3.63, 3.8) is 0 Å². The maximum absolute atomic E-state index is 10.8. The third-order valence-electron chi connectivity index (χ3n) is 0.873. The van der Waals surface area contributed by atoms with Gasteiger partial charge in [-0.15, -0.1) is 0 Å². The first-order valence-electron chi connectivity index (χ1n) is 2.51. The Balaban J connectivity index is 3.46. The molecule has 0 fully saturated rings. The van der Waals surface area contributed by atoms with Gasteiger partial charge in [-0.25, -0.2) is 0 Å². The van der Waals surface area contributed by atoms with Crippen LogP contribution in [0.3, 0.4) is 0 Å². The van der Waals surface area contributed by atoms with Crippen LogP contribution < -0.4 is 0 Å². The highest BCUT2D eigenvalue weighted by molar-refractivity contribution is 14.1. The van der Waals surface area contributed by atoms with Gasteiger partial charge in [-0.1, -0.05) is 22.6 Å². The molecule has 0 aliphatic heterocycles. The van der Waals surface area contributed by atoms with Crippen molar-refractivity contribution < 1.29 is 9.53 Å². The summed E-state index contributed by atoms with van der Waals surface area (Å²) in [4.78, 5) is 12.4. The van der Waals surface area contributed by atoms with Crippen LogP contribution in [0.4, 0.5) is 0 Å². The van der Waals surface area contributed by atoms with Gasteiger partial charge in [0, 0.05) is 14.2 Å². The number of hydrogen-bond donors (Lipinski definition) is 0. The molecular formula is C5H10INO2. The van der Waals surface area contributed by atoms with Gasteiger partial charge in [0.05, 0.1) is 4.55 Å². The first-order valence-corrected chi connectivity index (χ1v) is 4.03. The monoisotopic (exact) mass is 243 g/mol. The Morgan fingerprint density at radius 2 is 2.33 bits per heavy atom. The summed E-state index contributed by atoms with van der Waals surface area (Å²) in [6.07, 6.45) is 0. The average Bonchev–Trinajstić information content (AvgIpc) is 1.87. The molecule has 0 aromatic carbocycles. The summed E-state index contributed by atoms with van der Waals surface area (Å²) in [6, 6.07) is 0. The van der Waals surface area contributed by atoms with Crippen molar-refractivity contribution in [1.82, 2.24) is 4.90 Å². The Morgan fingerprint density at radius 3 is 2.67 bits per heavy atom. The van der Waals surface area contributed by atoms with E-state index >= 15 is 0 Å². The first-order chi connectivity index (χ1) is 4.22. The second-order valence-electron chi connectivity index (χ2n) is 1.64. The lowest BCUT2D eigenvalue weighted by Crippen LogP contribution is -2.28. The Bertz CT molecular complexity index is 97.0. The Hall–Kier alpha value is 0.160. The molecule has 0 heterocycles. The summed E-state index contributed by atoms with van der Waals surface area (Å²) >= 11 is 2.12. The fraction of sp³-hybridized carbons (Fsp3) is 0.800. The number of rotatable bonds is 3. The summed E-state index contributed by atoms with van der Waals surface area (Å²) < 4.78 is 5.34. The number of nitrogens with zero attached hydrogens (tertiary/aromatic N) is 1. The lowest BCUT2D eigenvalue weighted by Gasteiger charge is -2.11. The number of carbonyl (C=O) groups is 1. The summed E-state index contributed by atoms with van der Waals surface area (Å²) in [5.41, 5.74) is 0. The van der Waals surface area contributed by atoms with Gasteiger partial charge in [0.1, 0.15) is 6.61 Å². The van der Waals surface area contributed by atoms with Crippen molar-refractivity contribution in [1.29, 1.82) is 0 Å². The van der Waals surface area contributed by atoms with Crippen LogP contribution in [-0.2, 0) is 9.53 Å². The molecule has 3 nitrogen and oxygen atoms in total. The van der Waals surface area contributed by atoms with Crippen LogP contribution in [0.25, 0.3) is 0 Å². The van der Waals surface area contributed by atoms with Crippen molar-refractivity contribution >= 4 is 28.5 Å². The molecule has 4 heteroatoms. The quantitative estimate of drug-likeness (QED) is 0.410. The third kappa shape index (κ3) is 3.69. The van der Waals surface area contributed by atoms with Crippen LogP contribution in [0.15, 0.2) is 0 Å². The summed E-state index contributed by atoms with van der Waals surface area (Å²) in [5.74, 6) is 0.0203. The van der Waals surface area contributed by atoms with E-state index < -0.39 is 0 Å². The molecule has 0 saturated carbocycles. The zero-order chi connectivity index (χ0) is 7.28. The van der Waals surface area contributed by atoms with Gasteiger partial charge in [0.2, 0.25) is 5.91 Å². The van der Waals surface area contributed by atoms with E-state index in [1.54, 1.807) is 11.9 Å². The van der Waals surface area contributed by atoms with Gasteiger partial charge >= 0.3 is 0 Å². The van der Waals surface area contributed by atoms with Crippen molar-refractivity contribution in [2.24, 2.45) is 0 Å². The molecule has 0 N–H and O–H groups in total. The molecule has 1 amide bonds. The summed E-state index contributed by atoms with van der Waals surface area (Å²) in [5, 5.41) is 0. The van der Waals surface area contributed by atoms with Crippen molar-refractivity contribution in [2.45, 2.75) is 0 Å². The molecule has 0 aliphatic carbocycles. The fourth-order valence-electron chi connectivity index (χ4n) is 0.300. The maximum atomic E-state index is 10.8. The van der Waals surface area contributed by atoms with E-state index in [0.717, 1.165) is 0 Å². The molecule has 0 bridgehead atoms. The zero-order valence-corrected chi connectivity index (χ0v) is 7.71. The zero-order valence-electron chi connectivity index (χ0n) is 5.56. The molecule has 0 aromatic heterocycles. The van der Waals surface area contributed by atoms with E-state index in [-0.39, 0.29) is 12.5 Å². The van der Waals surface area contributed by atoms with E-state index in [9.17, 15) is 4.79 Å². The Kier molecular flexibility index (Phi) is 5.07. The molecular weight excluding hydrogens is 233 g/mol. The van der Waals surface area contributed by atoms with Crippen LogP contribution in [0.1, 0.15) is 0 Å². The number of alkyl halides is 1. The number of hydrogen-bond acceptors (Lipinski definition) is 2. The normalized spacial score (nSPS) is 9.22. The van der Waals surface area contributed by atoms with Crippen molar-refractivity contribution in [3.8, 4) is 0 Å². The number of halogens is 1. The minimum absolute atomic E-state index is 0.0203. The molecule has 0 aromatic rings. The first kappa shape index (κ1) is 9.16. The second kappa shape index (κ2) is 4.99. The molecule has 0 saturated heterocycles. The molecule has 0 unspecified atom stereocenters. The van der Waals surface area contributed by atoms with Gasteiger partial charge < -0.3 is 9.64 Å². The van der Waals surface area contributed by atoms with Crippen molar-refractivity contribution in [3.05, 3.63) is 0 Å². The summed E-state index contributed by atoms with van der Waals surface area (Å²) in [7, 11) is 3.26. The van der Waals surface area contributed by atoms with Crippen LogP contribution in [-0.4, -0.2) is 36.1 Å². The molecule has 9 heavy (non-hydrogen) atoms. The van der Waals surface area contributed by atoms with E-state index in [2.05, 4.69) is 27.3 Å². The molecule has 54 valence electrons. The van der Waals surface area contributed by atoms with Crippen molar-refractivity contribution in [2.75, 3.05) is 25.3 Å². The highest BCUT2D eigenvalue weighted by Crippen LogP contribution is 1.89. The number of methoxy groups -OCH3 is 1. The standard InChI is InChI=1S/C5H10INO2/c1-7(4-6)5(8)3-9-2/h3-4H2,1-2H3. The molecule has 0 atom stereocenters. The number of amides is 1. The molecule has 0 spiro atoms. The number of ether oxygens (including phenoxy) is 1. The Labute approximate surface area is 68.5 Å². The van der Waals surface area contributed by atoms with Gasteiger partial charge in [-0.3, -0.25) is 4.79 Å². The molecule has 0 aliphatic rings. The largest absolute Gasteiger partial charge is 0.375 e. The van der Waals surface area contributed by atoms with E-state index in [1.807, 2.05) is 0 Å². The topological polar surface area (TPSA) is 29.5 Å². The highest BCUT2D eigenvalue weighted by Gasteiger charge is 2.03. The van der Waals surface area contributed by atoms with Crippen LogP contribution in [0.5, 0.6) is 0 Å². The summed E-state index contributed by atoms with van der Waals surface area (Å²) in [6.45, 7) is 0.180. The predicted octanol–water partition coefficient (Wildman–Crippen LogP) is 0.484. The lowest BCUT2D eigenvalue weighted by atomic mass is 10.6.